The smallest absolute Gasteiger partial charge is 0.342 e. The molecule has 0 unspecified atom stereocenters. The molecule has 0 aliphatic rings. The summed E-state index contributed by atoms with van der Waals surface area (Å²) in [6.07, 6.45) is 0. The lowest BCUT2D eigenvalue weighted by Gasteiger charge is -2.16. The number of carbonyl (C=O) groups is 1. The number of aromatic hydroxyl groups is 1. The van der Waals surface area contributed by atoms with Crippen molar-refractivity contribution in [2.24, 2.45) is 0 Å². The molecular formula is C13H17ClO4. The predicted molar refractivity (Wildman–Crippen MR) is 69.7 cm³/mol. The van der Waals surface area contributed by atoms with Crippen LogP contribution in [0.2, 0.25) is 5.02 Å². The zero-order chi connectivity index (χ0) is 13.9. The molecule has 0 aliphatic carbocycles. The molecule has 0 saturated carbocycles. The highest BCUT2D eigenvalue weighted by Crippen LogP contribution is 2.41. The average molecular weight is 273 g/mol. The van der Waals surface area contributed by atoms with Gasteiger partial charge in [-0.05, 0) is 24.5 Å². The Kier molecular flexibility index (Phi) is 4.84. The number of rotatable bonds is 4. The maximum atomic E-state index is 11.9. The summed E-state index contributed by atoms with van der Waals surface area (Å²) in [5.41, 5.74) is 0.754. The summed E-state index contributed by atoms with van der Waals surface area (Å²) >= 11 is 5.94. The van der Waals surface area contributed by atoms with Gasteiger partial charge in [0.15, 0.2) is 5.75 Å². The Labute approximate surface area is 111 Å². The van der Waals surface area contributed by atoms with Gasteiger partial charge in [-0.3, -0.25) is 0 Å². The monoisotopic (exact) mass is 272 g/mol. The van der Waals surface area contributed by atoms with Crippen LogP contribution in [-0.2, 0) is 4.74 Å². The molecule has 0 atom stereocenters. The van der Waals surface area contributed by atoms with Gasteiger partial charge >= 0.3 is 5.97 Å². The van der Waals surface area contributed by atoms with Gasteiger partial charge in [0.25, 0.3) is 0 Å². The van der Waals surface area contributed by atoms with Crippen molar-refractivity contribution in [3.63, 3.8) is 0 Å². The summed E-state index contributed by atoms with van der Waals surface area (Å²) in [5, 5.41) is 10.0. The number of ether oxygens (including phenoxy) is 2. The molecule has 0 aliphatic heterocycles. The Morgan fingerprint density at radius 3 is 2.56 bits per heavy atom. The van der Waals surface area contributed by atoms with Crippen LogP contribution in [0, 0.1) is 0 Å². The lowest BCUT2D eigenvalue weighted by Crippen LogP contribution is -2.10. The van der Waals surface area contributed by atoms with E-state index in [1.807, 2.05) is 13.8 Å². The number of esters is 1. The maximum absolute atomic E-state index is 11.9. The van der Waals surface area contributed by atoms with Crippen molar-refractivity contribution in [1.82, 2.24) is 0 Å². The molecule has 0 aromatic heterocycles. The number of methoxy groups -OCH3 is 1. The number of hydrogen-bond donors (Lipinski definition) is 1. The van der Waals surface area contributed by atoms with Gasteiger partial charge in [0.05, 0.1) is 13.7 Å². The fraction of sp³-hybridized carbons (Fsp3) is 0.462. The van der Waals surface area contributed by atoms with E-state index >= 15 is 0 Å². The summed E-state index contributed by atoms with van der Waals surface area (Å²) in [6.45, 7) is 5.75. The zero-order valence-corrected chi connectivity index (χ0v) is 11.7. The first-order chi connectivity index (χ1) is 8.43. The van der Waals surface area contributed by atoms with Gasteiger partial charge < -0.3 is 14.6 Å². The molecule has 1 rings (SSSR count). The van der Waals surface area contributed by atoms with Crippen molar-refractivity contribution in [1.29, 1.82) is 0 Å². The van der Waals surface area contributed by atoms with Crippen LogP contribution in [0.15, 0.2) is 6.07 Å². The normalized spacial score (nSPS) is 10.6. The Balaban J connectivity index is 3.47. The number of hydrogen-bond acceptors (Lipinski definition) is 4. The molecule has 5 heteroatoms. The molecule has 0 bridgehead atoms. The largest absolute Gasteiger partial charge is 0.505 e. The first-order valence-corrected chi connectivity index (χ1v) is 6.08. The van der Waals surface area contributed by atoms with Crippen LogP contribution in [0.25, 0.3) is 0 Å². The van der Waals surface area contributed by atoms with Crippen LogP contribution in [0.5, 0.6) is 11.5 Å². The second-order valence-corrected chi connectivity index (χ2v) is 4.46. The number of phenols is 1. The van der Waals surface area contributed by atoms with Crippen LogP contribution in [-0.4, -0.2) is 24.8 Å². The fourth-order valence-electron chi connectivity index (χ4n) is 1.66. The highest BCUT2D eigenvalue weighted by Gasteiger charge is 2.24. The quantitative estimate of drug-likeness (QED) is 0.854. The van der Waals surface area contributed by atoms with Gasteiger partial charge in [-0.2, -0.15) is 0 Å². The summed E-state index contributed by atoms with van der Waals surface area (Å²) in [7, 11) is 1.45. The maximum Gasteiger partial charge on any atom is 0.342 e. The highest BCUT2D eigenvalue weighted by molar-refractivity contribution is 6.34. The minimum atomic E-state index is -0.580. The highest BCUT2D eigenvalue weighted by atomic mass is 35.5. The minimum absolute atomic E-state index is 0.0185. The molecule has 0 fully saturated rings. The van der Waals surface area contributed by atoms with E-state index in [1.165, 1.54) is 7.11 Å². The van der Waals surface area contributed by atoms with Gasteiger partial charge in [-0.25, -0.2) is 4.79 Å². The van der Waals surface area contributed by atoms with Crippen LogP contribution in [0.1, 0.15) is 42.6 Å². The van der Waals surface area contributed by atoms with Gasteiger partial charge in [0.2, 0.25) is 0 Å². The van der Waals surface area contributed by atoms with Crippen molar-refractivity contribution in [3.8, 4) is 11.5 Å². The van der Waals surface area contributed by atoms with E-state index in [-0.39, 0.29) is 28.9 Å². The molecule has 0 spiro atoms. The van der Waals surface area contributed by atoms with E-state index in [0.717, 1.165) is 0 Å². The first kappa shape index (κ1) is 14.6. The molecule has 0 heterocycles. The Hall–Kier alpha value is -1.42. The van der Waals surface area contributed by atoms with Gasteiger partial charge in [-0.15, -0.1) is 0 Å². The van der Waals surface area contributed by atoms with Crippen LogP contribution < -0.4 is 4.74 Å². The summed E-state index contributed by atoms with van der Waals surface area (Å²) in [6, 6.07) is 1.65. The van der Waals surface area contributed by atoms with E-state index in [0.29, 0.717) is 11.3 Å². The third kappa shape index (κ3) is 2.70. The SMILES string of the molecule is CCOC(=O)c1c(C(C)C)cc(OC)c(Cl)c1O. The number of phenolic OH excluding ortho intramolecular Hbond substituents is 1. The van der Waals surface area contributed by atoms with Crippen molar-refractivity contribution in [2.45, 2.75) is 26.7 Å². The predicted octanol–water partition coefficient (Wildman–Crippen LogP) is 3.35. The standard InChI is InChI=1S/C13H17ClO4/c1-5-18-13(16)10-8(7(2)3)6-9(17-4)11(14)12(10)15/h6-7,15H,5H2,1-4H3. The van der Waals surface area contributed by atoms with E-state index in [9.17, 15) is 9.90 Å². The molecule has 1 aromatic carbocycles. The van der Waals surface area contributed by atoms with Crippen LogP contribution >= 0.6 is 11.6 Å². The van der Waals surface area contributed by atoms with E-state index in [4.69, 9.17) is 21.1 Å². The molecular weight excluding hydrogens is 256 g/mol. The Bertz CT molecular complexity index is 455. The summed E-state index contributed by atoms with van der Waals surface area (Å²) in [5.74, 6) is -0.506. The second-order valence-electron chi connectivity index (χ2n) is 4.08. The number of benzene rings is 1. The van der Waals surface area contributed by atoms with Crippen LogP contribution in [0.4, 0.5) is 0 Å². The van der Waals surface area contributed by atoms with Crippen molar-refractivity contribution in [2.75, 3.05) is 13.7 Å². The minimum Gasteiger partial charge on any atom is -0.505 e. The van der Waals surface area contributed by atoms with Crippen molar-refractivity contribution in [3.05, 3.63) is 22.2 Å². The lowest BCUT2D eigenvalue weighted by atomic mass is 9.96. The average Bonchev–Trinajstić information content (AvgIpc) is 2.32. The van der Waals surface area contributed by atoms with Gasteiger partial charge in [0.1, 0.15) is 16.3 Å². The van der Waals surface area contributed by atoms with Crippen molar-refractivity contribution >= 4 is 17.6 Å². The topological polar surface area (TPSA) is 55.8 Å². The van der Waals surface area contributed by atoms with E-state index < -0.39 is 5.97 Å². The molecule has 0 radical (unpaired) electrons. The van der Waals surface area contributed by atoms with Crippen molar-refractivity contribution < 1.29 is 19.4 Å². The molecule has 1 N–H and O–H groups in total. The third-order valence-electron chi connectivity index (χ3n) is 2.56. The Morgan fingerprint density at radius 2 is 2.11 bits per heavy atom. The second kappa shape index (κ2) is 5.96. The molecule has 1 aromatic rings. The lowest BCUT2D eigenvalue weighted by molar-refractivity contribution is 0.0521. The van der Waals surface area contributed by atoms with E-state index in [1.54, 1.807) is 13.0 Å². The number of halogens is 1. The molecule has 100 valence electrons. The molecule has 0 amide bonds. The van der Waals surface area contributed by atoms with Gasteiger partial charge in [-0.1, -0.05) is 25.4 Å². The van der Waals surface area contributed by atoms with Gasteiger partial charge in [0, 0.05) is 0 Å². The molecule has 0 saturated heterocycles. The molecule has 4 nitrogen and oxygen atoms in total. The molecule has 18 heavy (non-hydrogen) atoms. The summed E-state index contributed by atoms with van der Waals surface area (Å²) in [4.78, 5) is 11.9. The number of carbonyl (C=O) groups excluding carboxylic acids is 1. The Morgan fingerprint density at radius 1 is 1.50 bits per heavy atom. The third-order valence-corrected chi connectivity index (χ3v) is 2.92. The van der Waals surface area contributed by atoms with E-state index in [2.05, 4.69) is 0 Å². The first-order valence-electron chi connectivity index (χ1n) is 5.70. The fourth-order valence-corrected chi connectivity index (χ4v) is 1.89. The zero-order valence-electron chi connectivity index (χ0n) is 10.9. The summed E-state index contributed by atoms with van der Waals surface area (Å²) < 4.78 is 10.00. The van der Waals surface area contributed by atoms with Crippen LogP contribution in [0.3, 0.4) is 0 Å².